The van der Waals surface area contributed by atoms with E-state index in [1.54, 1.807) is 18.3 Å². The predicted molar refractivity (Wildman–Crippen MR) is 112 cm³/mol. The fraction of sp³-hybridized carbons (Fsp3) is 0.100. The quantitative estimate of drug-likeness (QED) is 0.419. The highest BCUT2D eigenvalue weighted by molar-refractivity contribution is 6.36. The number of carbonyl (C=O) groups is 1. The van der Waals surface area contributed by atoms with Crippen molar-refractivity contribution in [1.29, 1.82) is 0 Å². The van der Waals surface area contributed by atoms with Gasteiger partial charge in [-0.1, -0.05) is 46.9 Å². The van der Waals surface area contributed by atoms with Crippen LogP contribution < -0.4 is 5.43 Å². The normalized spacial score (nSPS) is 11.1. The van der Waals surface area contributed by atoms with E-state index in [4.69, 9.17) is 34.8 Å². The highest BCUT2D eigenvalue weighted by Gasteiger charge is 2.12. The predicted octanol–water partition coefficient (Wildman–Crippen LogP) is 5.82. The Labute approximate surface area is 172 Å². The van der Waals surface area contributed by atoms with E-state index in [0.29, 0.717) is 15.6 Å². The van der Waals surface area contributed by atoms with Gasteiger partial charge in [-0.05, 0) is 50.2 Å². The molecule has 0 saturated heterocycles. The maximum Gasteiger partial charge on any atom is 0.272 e. The molecule has 0 fully saturated rings. The van der Waals surface area contributed by atoms with Crippen LogP contribution in [-0.4, -0.2) is 16.7 Å². The van der Waals surface area contributed by atoms with Gasteiger partial charge in [0.25, 0.3) is 5.91 Å². The van der Waals surface area contributed by atoms with E-state index >= 15 is 0 Å². The molecule has 0 aliphatic carbocycles. The Balaban J connectivity index is 1.81. The van der Waals surface area contributed by atoms with E-state index in [0.717, 1.165) is 22.6 Å². The van der Waals surface area contributed by atoms with Crippen molar-refractivity contribution in [3.05, 3.63) is 86.1 Å². The summed E-state index contributed by atoms with van der Waals surface area (Å²) in [5.74, 6) is -0.409. The third-order valence-corrected chi connectivity index (χ3v) is 4.98. The van der Waals surface area contributed by atoms with Gasteiger partial charge >= 0.3 is 0 Å². The molecule has 0 saturated carbocycles. The summed E-state index contributed by atoms with van der Waals surface area (Å²) >= 11 is 18.2. The molecule has 27 heavy (non-hydrogen) atoms. The largest absolute Gasteiger partial charge is 0.316 e. The fourth-order valence-electron chi connectivity index (χ4n) is 2.82. The van der Waals surface area contributed by atoms with Crippen LogP contribution in [0.5, 0.6) is 0 Å². The number of rotatable bonds is 4. The van der Waals surface area contributed by atoms with Crippen LogP contribution in [0.2, 0.25) is 15.1 Å². The molecule has 3 rings (SSSR count). The molecular formula is C20H16Cl3N3O. The first-order valence-electron chi connectivity index (χ1n) is 8.11. The molecule has 1 heterocycles. The van der Waals surface area contributed by atoms with Crippen LogP contribution in [0.4, 0.5) is 0 Å². The van der Waals surface area contributed by atoms with Gasteiger partial charge in [0.1, 0.15) is 0 Å². The van der Waals surface area contributed by atoms with Crippen molar-refractivity contribution in [2.75, 3.05) is 0 Å². The van der Waals surface area contributed by atoms with E-state index < -0.39 is 5.91 Å². The Morgan fingerprint density at radius 1 is 1.04 bits per heavy atom. The number of hydrazone groups is 1. The van der Waals surface area contributed by atoms with Gasteiger partial charge in [-0.25, -0.2) is 5.43 Å². The molecule has 3 aromatic rings. The Hall–Kier alpha value is -2.27. The van der Waals surface area contributed by atoms with Gasteiger partial charge in [-0.15, -0.1) is 0 Å². The van der Waals surface area contributed by atoms with Crippen molar-refractivity contribution in [1.82, 2.24) is 9.99 Å². The first kappa shape index (κ1) is 19.5. The molecule has 0 aliphatic heterocycles. The fourth-order valence-corrected chi connectivity index (χ4v) is 3.53. The molecule has 1 aromatic heterocycles. The lowest BCUT2D eigenvalue weighted by Gasteiger charge is -2.11. The number of para-hydroxylation sites is 1. The van der Waals surface area contributed by atoms with E-state index in [2.05, 4.69) is 10.5 Å². The molecule has 0 atom stereocenters. The summed E-state index contributed by atoms with van der Waals surface area (Å²) in [5, 5.41) is 5.45. The lowest BCUT2D eigenvalue weighted by molar-refractivity contribution is 0.0955. The maximum atomic E-state index is 12.2. The molecule has 138 valence electrons. The number of benzene rings is 2. The third kappa shape index (κ3) is 4.19. The summed E-state index contributed by atoms with van der Waals surface area (Å²) in [6.45, 7) is 3.95. The summed E-state index contributed by atoms with van der Waals surface area (Å²) < 4.78 is 2.04. The monoisotopic (exact) mass is 419 g/mol. The molecule has 0 bridgehead atoms. The molecule has 1 amide bonds. The second kappa shape index (κ2) is 8.17. The summed E-state index contributed by atoms with van der Waals surface area (Å²) in [4.78, 5) is 12.2. The summed E-state index contributed by atoms with van der Waals surface area (Å²) in [6, 6.07) is 14.3. The lowest BCUT2D eigenvalue weighted by Crippen LogP contribution is -2.18. The van der Waals surface area contributed by atoms with Crippen LogP contribution >= 0.6 is 34.8 Å². The van der Waals surface area contributed by atoms with Crippen molar-refractivity contribution in [3.63, 3.8) is 0 Å². The zero-order chi connectivity index (χ0) is 19.6. The SMILES string of the molecule is Cc1cc(/C=N\NC(=O)c2ccc(Cl)cc2Cl)c(C)n1-c1ccccc1Cl. The minimum atomic E-state index is -0.409. The average Bonchev–Trinajstić information content (AvgIpc) is 2.89. The number of hydrogen-bond acceptors (Lipinski definition) is 2. The van der Waals surface area contributed by atoms with Crippen molar-refractivity contribution >= 4 is 46.9 Å². The third-order valence-electron chi connectivity index (χ3n) is 4.11. The second-order valence-electron chi connectivity index (χ2n) is 5.94. The van der Waals surface area contributed by atoms with Gasteiger partial charge in [0, 0.05) is 22.0 Å². The topological polar surface area (TPSA) is 46.4 Å². The lowest BCUT2D eigenvalue weighted by atomic mass is 10.2. The van der Waals surface area contributed by atoms with Crippen molar-refractivity contribution in [2.24, 2.45) is 5.10 Å². The second-order valence-corrected chi connectivity index (χ2v) is 7.19. The molecular weight excluding hydrogens is 405 g/mol. The van der Waals surface area contributed by atoms with Crippen LogP contribution in [0.1, 0.15) is 27.3 Å². The summed E-state index contributed by atoms with van der Waals surface area (Å²) in [6.07, 6.45) is 1.59. The minimum absolute atomic E-state index is 0.270. The Morgan fingerprint density at radius 3 is 2.48 bits per heavy atom. The van der Waals surface area contributed by atoms with E-state index in [1.807, 2.05) is 48.7 Å². The molecule has 1 N–H and O–H groups in total. The first-order chi connectivity index (χ1) is 12.9. The molecule has 2 aromatic carbocycles. The van der Waals surface area contributed by atoms with Crippen LogP contribution in [0, 0.1) is 13.8 Å². The standard InChI is InChI=1S/C20H16Cl3N3O/c1-12-9-14(13(2)26(12)19-6-4-3-5-17(19)22)11-24-25-20(27)16-8-7-15(21)10-18(16)23/h3-11H,1-2H3,(H,25,27)/b24-11-. The molecule has 7 heteroatoms. The van der Waals surface area contributed by atoms with Crippen molar-refractivity contribution < 1.29 is 4.79 Å². The molecule has 0 unspecified atom stereocenters. The molecule has 0 spiro atoms. The smallest absolute Gasteiger partial charge is 0.272 e. The number of aromatic nitrogens is 1. The van der Waals surface area contributed by atoms with Gasteiger partial charge in [0.05, 0.1) is 27.5 Å². The van der Waals surface area contributed by atoms with Gasteiger partial charge in [0.15, 0.2) is 0 Å². The van der Waals surface area contributed by atoms with Gasteiger partial charge < -0.3 is 4.57 Å². The minimum Gasteiger partial charge on any atom is -0.316 e. The van der Waals surface area contributed by atoms with Gasteiger partial charge in [-0.2, -0.15) is 5.10 Å². The van der Waals surface area contributed by atoms with Crippen LogP contribution in [0.25, 0.3) is 5.69 Å². The number of carbonyl (C=O) groups excluding carboxylic acids is 1. The Bertz CT molecular complexity index is 1040. The molecule has 0 radical (unpaired) electrons. The number of hydrogen-bond donors (Lipinski definition) is 1. The summed E-state index contributed by atoms with van der Waals surface area (Å²) in [7, 11) is 0. The van der Waals surface area contributed by atoms with Crippen molar-refractivity contribution in [3.8, 4) is 5.69 Å². The number of nitrogens with zero attached hydrogens (tertiary/aromatic N) is 2. The highest BCUT2D eigenvalue weighted by Crippen LogP contribution is 2.25. The average molecular weight is 421 g/mol. The highest BCUT2D eigenvalue weighted by atomic mass is 35.5. The Morgan fingerprint density at radius 2 is 1.78 bits per heavy atom. The van der Waals surface area contributed by atoms with Crippen LogP contribution in [-0.2, 0) is 0 Å². The van der Waals surface area contributed by atoms with E-state index in [9.17, 15) is 4.79 Å². The number of amides is 1. The van der Waals surface area contributed by atoms with Gasteiger partial charge in [0.2, 0.25) is 0 Å². The zero-order valence-electron chi connectivity index (χ0n) is 14.6. The van der Waals surface area contributed by atoms with Crippen LogP contribution in [0.3, 0.4) is 0 Å². The van der Waals surface area contributed by atoms with Crippen LogP contribution in [0.15, 0.2) is 53.6 Å². The molecule has 4 nitrogen and oxygen atoms in total. The molecule has 0 aliphatic rings. The number of nitrogens with one attached hydrogen (secondary N) is 1. The zero-order valence-corrected chi connectivity index (χ0v) is 16.9. The van der Waals surface area contributed by atoms with E-state index in [-0.39, 0.29) is 5.02 Å². The van der Waals surface area contributed by atoms with E-state index in [1.165, 1.54) is 6.07 Å². The number of aryl methyl sites for hydroxylation is 1. The summed E-state index contributed by atoms with van der Waals surface area (Å²) in [5.41, 5.74) is 6.52. The van der Waals surface area contributed by atoms with Gasteiger partial charge in [-0.3, -0.25) is 4.79 Å². The first-order valence-corrected chi connectivity index (χ1v) is 9.24. The van der Waals surface area contributed by atoms with Crippen molar-refractivity contribution in [2.45, 2.75) is 13.8 Å². The number of halogens is 3. The maximum absolute atomic E-state index is 12.2. The Kier molecular flexibility index (Phi) is 5.90.